The monoisotopic (exact) mass is 269 g/mol. The van der Waals surface area contributed by atoms with Gasteiger partial charge in [-0.3, -0.25) is 0 Å². The Bertz CT molecular complexity index is 640. The van der Waals surface area contributed by atoms with E-state index in [2.05, 4.69) is 55.9 Å². The summed E-state index contributed by atoms with van der Waals surface area (Å²) in [6.07, 6.45) is 3.40. The molecule has 1 aromatic heterocycles. The SMILES string of the molecule is CCc1c(C)nn(-c2ccc3c(c2)CCC(C)N3)c1C. The number of rotatable bonds is 2. The number of nitrogens with one attached hydrogen (secondary N) is 1. The Balaban J connectivity index is 2.03. The Morgan fingerprint density at radius 3 is 2.85 bits per heavy atom. The molecule has 3 heteroatoms. The van der Waals surface area contributed by atoms with Crippen molar-refractivity contribution in [1.82, 2.24) is 9.78 Å². The Morgan fingerprint density at radius 2 is 2.15 bits per heavy atom. The molecule has 1 aliphatic rings. The largest absolute Gasteiger partial charge is 0.382 e. The lowest BCUT2D eigenvalue weighted by molar-refractivity contribution is 0.679. The molecular formula is C17H23N3. The minimum absolute atomic E-state index is 0.578. The number of anilines is 1. The number of benzene rings is 1. The molecule has 2 aromatic rings. The molecule has 1 N–H and O–H groups in total. The minimum atomic E-state index is 0.578. The molecule has 0 aliphatic carbocycles. The summed E-state index contributed by atoms with van der Waals surface area (Å²) in [7, 11) is 0. The summed E-state index contributed by atoms with van der Waals surface area (Å²) < 4.78 is 2.09. The van der Waals surface area contributed by atoms with Gasteiger partial charge in [0.25, 0.3) is 0 Å². The van der Waals surface area contributed by atoms with Gasteiger partial charge in [-0.2, -0.15) is 5.10 Å². The number of nitrogens with zero attached hydrogens (tertiary/aromatic N) is 2. The van der Waals surface area contributed by atoms with Gasteiger partial charge in [0.2, 0.25) is 0 Å². The summed E-state index contributed by atoms with van der Waals surface area (Å²) >= 11 is 0. The second-order valence-electron chi connectivity index (χ2n) is 5.84. The van der Waals surface area contributed by atoms with E-state index in [9.17, 15) is 0 Å². The zero-order valence-electron chi connectivity index (χ0n) is 12.8. The van der Waals surface area contributed by atoms with Crippen molar-refractivity contribution in [2.24, 2.45) is 0 Å². The van der Waals surface area contributed by atoms with E-state index >= 15 is 0 Å². The second-order valence-corrected chi connectivity index (χ2v) is 5.84. The summed E-state index contributed by atoms with van der Waals surface area (Å²) in [5.41, 5.74) is 7.65. The second kappa shape index (κ2) is 4.97. The molecule has 0 spiro atoms. The standard InChI is InChI=1S/C17H23N3/c1-5-16-12(3)19-20(13(16)4)15-8-9-17-14(10-15)7-6-11(2)18-17/h8-11,18H,5-7H2,1-4H3. The van der Waals surface area contributed by atoms with Gasteiger partial charge < -0.3 is 5.32 Å². The van der Waals surface area contributed by atoms with Crippen LogP contribution in [-0.2, 0) is 12.8 Å². The van der Waals surface area contributed by atoms with Gasteiger partial charge in [0.05, 0.1) is 11.4 Å². The smallest absolute Gasteiger partial charge is 0.0653 e. The summed E-state index contributed by atoms with van der Waals surface area (Å²) in [5.74, 6) is 0. The predicted molar refractivity (Wildman–Crippen MR) is 83.8 cm³/mol. The van der Waals surface area contributed by atoms with Crippen LogP contribution in [0.3, 0.4) is 0 Å². The summed E-state index contributed by atoms with van der Waals surface area (Å²) in [5, 5.41) is 8.26. The molecule has 0 saturated heterocycles. The van der Waals surface area contributed by atoms with Gasteiger partial charge in [-0.1, -0.05) is 6.92 Å². The maximum atomic E-state index is 4.71. The highest BCUT2D eigenvalue weighted by Crippen LogP contribution is 2.28. The zero-order chi connectivity index (χ0) is 14.3. The minimum Gasteiger partial charge on any atom is -0.382 e. The molecule has 20 heavy (non-hydrogen) atoms. The van der Waals surface area contributed by atoms with E-state index in [-0.39, 0.29) is 0 Å². The molecule has 106 valence electrons. The highest BCUT2D eigenvalue weighted by Gasteiger charge is 2.16. The molecule has 3 nitrogen and oxygen atoms in total. The highest BCUT2D eigenvalue weighted by atomic mass is 15.3. The van der Waals surface area contributed by atoms with Crippen LogP contribution in [-0.4, -0.2) is 15.8 Å². The fraction of sp³-hybridized carbons (Fsp3) is 0.471. The van der Waals surface area contributed by atoms with Gasteiger partial charge >= 0.3 is 0 Å². The molecule has 0 radical (unpaired) electrons. The average molecular weight is 269 g/mol. The number of aromatic nitrogens is 2. The van der Waals surface area contributed by atoms with Gasteiger partial charge in [-0.25, -0.2) is 4.68 Å². The van der Waals surface area contributed by atoms with E-state index in [0.717, 1.165) is 18.5 Å². The van der Waals surface area contributed by atoms with Crippen molar-refractivity contribution in [3.05, 3.63) is 40.7 Å². The first kappa shape index (κ1) is 13.2. The average Bonchev–Trinajstić information content (AvgIpc) is 2.73. The van der Waals surface area contributed by atoms with Crippen LogP contribution >= 0.6 is 0 Å². The predicted octanol–water partition coefficient (Wildman–Crippen LogP) is 3.80. The topological polar surface area (TPSA) is 29.9 Å². The van der Waals surface area contributed by atoms with Crippen molar-refractivity contribution in [2.75, 3.05) is 5.32 Å². The number of aryl methyl sites for hydroxylation is 2. The van der Waals surface area contributed by atoms with Gasteiger partial charge in [-0.15, -0.1) is 0 Å². The lowest BCUT2D eigenvalue weighted by Crippen LogP contribution is -2.22. The van der Waals surface area contributed by atoms with Crippen LogP contribution in [0, 0.1) is 13.8 Å². The summed E-state index contributed by atoms with van der Waals surface area (Å²) in [6.45, 7) is 8.70. The molecule has 0 saturated carbocycles. The van der Waals surface area contributed by atoms with Crippen molar-refractivity contribution >= 4 is 5.69 Å². The molecule has 0 bridgehead atoms. The first-order chi connectivity index (χ1) is 9.60. The van der Waals surface area contributed by atoms with Gasteiger partial charge in [-0.05, 0) is 69.4 Å². The van der Waals surface area contributed by atoms with Crippen LogP contribution in [0.5, 0.6) is 0 Å². The van der Waals surface area contributed by atoms with Crippen LogP contribution in [0.25, 0.3) is 5.69 Å². The van der Waals surface area contributed by atoms with Crippen LogP contribution in [0.15, 0.2) is 18.2 Å². The van der Waals surface area contributed by atoms with Crippen molar-refractivity contribution in [1.29, 1.82) is 0 Å². The van der Waals surface area contributed by atoms with E-state index in [1.165, 1.54) is 34.6 Å². The van der Waals surface area contributed by atoms with Gasteiger partial charge in [0, 0.05) is 17.4 Å². The summed E-state index contributed by atoms with van der Waals surface area (Å²) in [4.78, 5) is 0. The highest BCUT2D eigenvalue weighted by molar-refractivity contribution is 5.58. The Kier molecular flexibility index (Phi) is 3.28. The fourth-order valence-corrected chi connectivity index (χ4v) is 3.21. The van der Waals surface area contributed by atoms with Gasteiger partial charge in [0.1, 0.15) is 0 Å². The van der Waals surface area contributed by atoms with E-state index in [4.69, 9.17) is 5.10 Å². The van der Waals surface area contributed by atoms with E-state index in [1.807, 2.05) is 0 Å². The fourth-order valence-electron chi connectivity index (χ4n) is 3.21. The molecule has 0 amide bonds. The molecule has 1 aromatic carbocycles. The first-order valence-corrected chi connectivity index (χ1v) is 7.55. The van der Waals surface area contributed by atoms with Gasteiger partial charge in [0.15, 0.2) is 0 Å². The van der Waals surface area contributed by atoms with E-state index in [1.54, 1.807) is 0 Å². The third-order valence-electron chi connectivity index (χ3n) is 4.38. The van der Waals surface area contributed by atoms with E-state index in [0.29, 0.717) is 6.04 Å². The number of hydrogen-bond acceptors (Lipinski definition) is 2. The third-order valence-corrected chi connectivity index (χ3v) is 4.38. The maximum Gasteiger partial charge on any atom is 0.0653 e. The van der Waals surface area contributed by atoms with Crippen LogP contribution in [0.4, 0.5) is 5.69 Å². The maximum absolute atomic E-state index is 4.71. The number of fused-ring (bicyclic) bond motifs is 1. The number of hydrogen-bond donors (Lipinski definition) is 1. The van der Waals surface area contributed by atoms with Crippen LogP contribution in [0.2, 0.25) is 0 Å². The quantitative estimate of drug-likeness (QED) is 0.898. The Hall–Kier alpha value is -1.77. The van der Waals surface area contributed by atoms with E-state index < -0.39 is 0 Å². The van der Waals surface area contributed by atoms with Crippen LogP contribution < -0.4 is 5.32 Å². The molecule has 3 rings (SSSR count). The van der Waals surface area contributed by atoms with Crippen molar-refractivity contribution in [3.8, 4) is 5.69 Å². The lowest BCUT2D eigenvalue weighted by atomic mass is 9.98. The van der Waals surface area contributed by atoms with Crippen molar-refractivity contribution in [3.63, 3.8) is 0 Å². The molecule has 1 aliphatic heterocycles. The van der Waals surface area contributed by atoms with Crippen molar-refractivity contribution < 1.29 is 0 Å². The Labute approximate surface area is 121 Å². The first-order valence-electron chi connectivity index (χ1n) is 7.55. The van der Waals surface area contributed by atoms with Crippen molar-refractivity contribution in [2.45, 2.75) is 53.0 Å². The molecule has 2 heterocycles. The Morgan fingerprint density at radius 1 is 1.35 bits per heavy atom. The lowest BCUT2D eigenvalue weighted by Gasteiger charge is -2.24. The molecule has 1 unspecified atom stereocenters. The molecule has 1 atom stereocenters. The molecule has 0 fully saturated rings. The normalized spacial score (nSPS) is 17.7. The summed E-state index contributed by atoms with van der Waals surface area (Å²) in [6, 6.07) is 7.23. The third kappa shape index (κ3) is 2.11. The van der Waals surface area contributed by atoms with Crippen LogP contribution in [0.1, 0.15) is 42.8 Å². The molecular weight excluding hydrogens is 246 g/mol. The zero-order valence-corrected chi connectivity index (χ0v) is 12.8.